The van der Waals surface area contributed by atoms with E-state index in [0.717, 1.165) is 13.8 Å². The van der Waals surface area contributed by atoms with Crippen molar-refractivity contribution >= 4 is 11.4 Å². The molecule has 1 aliphatic rings. The highest BCUT2D eigenvalue weighted by molar-refractivity contribution is 5.67. The Kier molecular flexibility index (Phi) is 7.13. The van der Waals surface area contributed by atoms with Crippen molar-refractivity contribution in [3.8, 4) is 0 Å². The molecule has 11 heteroatoms. The summed E-state index contributed by atoms with van der Waals surface area (Å²) in [6.07, 6.45) is -8.02. The zero-order valence-corrected chi connectivity index (χ0v) is 15.8. The Bertz CT molecular complexity index is 746. The molecule has 1 aromatic rings. The van der Waals surface area contributed by atoms with Crippen molar-refractivity contribution in [2.45, 2.75) is 70.4 Å². The van der Waals surface area contributed by atoms with Gasteiger partial charge in [-0.3, -0.25) is 0 Å². The van der Waals surface area contributed by atoms with Crippen molar-refractivity contribution in [1.82, 2.24) is 9.97 Å². The van der Waals surface area contributed by atoms with Crippen LogP contribution in [0.3, 0.4) is 0 Å². The van der Waals surface area contributed by atoms with Gasteiger partial charge in [0.05, 0.1) is 12.0 Å². The number of rotatable bonds is 6. The molecule has 0 saturated heterocycles. The van der Waals surface area contributed by atoms with E-state index in [9.17, 15) is 35.8 Å². The van der Waals surface area contributed by atoms with Crippen LogP contribution in [0.15, 0.2) is 6.08 Å². The Morgan fingerprint density at radius 3 is 2.34 bits per heavy atom. The number of aliphatic hydroxyl groups is 1. The summed E-state index contributed by atoms with van der Waals surface area (Å²) in [5.74, 6) is -3.74. The van der Waals surface area contributed by atoms with Gasteiger partial charge in [0.2, 0.25) is 0 Å². The van der Waals surface area contributed by atoms with Crippen LogP contribution in [0, 0.1) is 11.7 Å². The molecular formula is C18H22F7N3O. The van der Waals surface area contributed by atoms with Gasteiger partial charge in [-0.15, -0.1) is 0 Å². The van der Waals surface area contributed by atoms with Crippen molar-refractivity contribution < 1.29 is 35.8 Å². The van der Waals surface area contributed by atoms with E-state index in [1.165, 1.54) is 6.08 Å². The van der Waals surface area contributed by atoms with Crippen LogP contribution in [0.1, 0.15) is 51.0 Å². The first-order chi connectivity index (χ1) is 13.3. The third-order valence-electron chi connectivity index (χ3n) is 4.75. The Balaban J connectivity index is 2.40. The number of aromatic nitrogens is 2. The van der Waals surface area contributed by atoms with Crippen molar-refractivity contribution in [2.24, 2.45) is 5.92 Å². The van der Waals surface area contributed by atoms with E-state index in [0.29, 0.717) is 19.3 Å². The fraction of sp³-hybridized carbons (Fsp3) is 0.667. The number of aryl methyl sites for hydroxylation is 1. The summed E-state index contributed by atoms with van der Waals surface area (Å²) in [5, 5.41) is 11.7. The van der Waals surface area contributed by atoms with Crippen LogP contribution in [0.2, 0.25) is 0 Å². The molecule has 3 atom stereocenters. The summed E-state index contributed by atoms with van der Waals surface area (Å²) in [4.78, 5) is 7.66. The van der Waals surface area contributed by atoms with Gasteiger partial charge in [0.1, 0.15) is 17.6 Å². The highest BCUT2D eigenvalue weighted by Crippen LogP contribution is 2.33. The second-order valence-electron chi connectivity index (χ2n) is 7.19. The Labute approximate surface area is 163 Å². The Hall–Kier alpha value is -1.91. The minimum Gasteiger partial charge on any atom is -0.389 e. The lowest BCUT2D eigenvalue weighted by Gasteiger charge is -2.22. The predicted molar refractivity (Wildman–Crippen MR) is 92.5 cm³/mol. The van der Waals surface area contributed by atoms with Gasteiger partial charge < -0.3 is 10.4 Å². The first kappa shape index (κ1) is 23.4. The maximum absolute atomic E-state index is 14.8. The van der Waals surface area contributed by atoms with E-state index < -0.39 is 48.5 Å². The van der Waals surface area contributed by atoms with Gasteiger partial charge in [0.25, 0.3) is 0 Å². The molecule has 0 saturated carbocycles. The molecule has 0 amide bonds. The second kappa shape index (κ2) is 8.85. The van der Waals surface area contributed by atoms with Crippen LogP contribution in [0.25, 0.3) is 5.57 Å². The number of nitrogens with zero attached hydrogens (tertiary/aromatic N) is 2. The summed E-state index contributed by atoms with van der Waals surface area (Å²) in [7, 11) is 0. The zero-order chi connectivity index (χ0) is 22.0. The molecule has 0 aliphatic heterocycles. The van der Waals surface area contributed by atoms with Crippen LogP contribution in [0.5, 0.6) is 0 Å². The molecule has 0 spiro atoms. The van der Waals surface area contributed by atoms with E-state index in [1.807, 2.05) is 5.32 Å². The summed E-state index contributed by atoms with van der Waals surface area (Å²) in [5.41, 5.74) is -0.0123. The van der Waals surface area contributed by atoms with Gasteiger partial charge in [-0.2, -0.15) is 26.3 Å². The molecule has 1 unspecified atom stereocenters. The summed E-state index contributed by atoms with van der Waals surface area (Å²) in [6.45, 7) is 1.74. The lowest BCUT2D eigenvalue weighted by atomic mass is 9.94. The number of alkyl halides is 6. The molecule has 1 heterocycles. The van der Waals surface area contributed by atoms with Gasteiger partial charge in [-0.25, -0.2) is 14.4 Å². The molecule has 0 fully saturated rings. The molecule has 1 aromatic heterocycles. The monoisotopic (exact) mass is 429 g/mol. The number of anilines is 1. The molecular weight excluding hydrogens is 407 g/mol. The fourth-order valence-corrected chi connectivity index (χ4v) is 2.81. The van der Waals surface area contributed by atoms with E-state index in [4.69, 9.17) is 0 Å². The van der Waals surface area contributed by atoms with E-state index in [1.54, 1.807) is 0 Å². The number of halogens is 7. The molecule has 164 valence electrons. The third kappa shape index (κ3) is 6.28. The van der Waals surface area contributed by atoms with Gasteiger partial charge in [-0.1, -0.05) is 13.0 Å². The predicted octanol–water partition coefficient (Wildman–Crippen LogP) is 5.04. The largest absolute Gasteiger partial charge is 0.408 e. The molecule has 0 aromatic carbocycles. The van der Waals surface area contributed by atoms with Gasteiger partial charge in [-0.05, 0) is 38.2 Å². The molecule has 2 rings (SSSR count). The van der Waals surface area contributed by atoms with Crippen LogP contribution in [0.4, 0.5) is 36.6 Å². The van der Waals surface area contributed by atoms with E-state index in [2.05, 4.69) is 9.97 Å². The normalized spacial score (nSPS) is 20.2. The quantitative estimate of drug-likeness (QED) is 0.623. The number of hydrogen-bond acceptors (Lipinski definition) is 4. The smallest absolute Gasteiger partial charge is 0.389 e. The standard InChI is InChI=1S/C18H22F7N3O/c1-9(17(20,21)22)6-7-13-27-15(11-4-3-5-12(29)8-11)14(19)16(28-13)26-10(2)18(23,24)25/h8-10,12,29H,3-7H2,1-2H3,(H,26,27,28)/t9-,10+,12?/m0/s1. The minimum atomic E-state index is -4.68. The van der Waals surface area contributed by atoms with Gasteiger partial charge in [0.15, 0.2) is 11.6 Å². The van der Waals surface area contributed by atoms with Crippen molar-refractivity contribution in [3.63, 3.8) is 0 Å². The lowest BCUT2D eigenvalue weighted by molar-refractivity contribution is -0.171. The summed E-state index contributed by atoms with van der Waals surface area (Å²) >= 11 is 0. The fourth-order valence-electron chi connectivity index (χ4n) is 2.81. The Morgan fingerprint density at radius 1 is 1.14 bits per heavy atom. The topological polar surface area (TPSA) is 58.0 Å². The summed E-state index contributed by atoms with van der Waals surface area (Å²) < 4.78 is 91.6. The average Bonchev–Trinajstić information content (AvgIpc) is 2.60. The van der Waals surface area contributed by atoms with Crippen LogP contribution < -0.4 is 5.32 Å². The van der Waals surface area contributed by atoms with Gasteiger partial charge >= 0.3 is 12.4 Å². The highest BCUT2D eigenvalue weighted by Gasteiger charge is 2.38. The first-order valence-corrected chi connectivity index (χ1v) is 9.14. The van der Waals surface area contributed by atoms with Crippen molar-refractivity contribution in [3.05, 3.63) is 23.4 Å². The van der Waals surface area contributed by atoms with Crippen LogP contribution in [-0.2, 0) is 6.42 Å². The van der Waals surface area contributed by atoms with Crippen molar-refractivity contribution in [2.75, 3.05) is 5.32 Å². The maximum Gasteiger partial charge on any atom is 0.408 e. The molecule has 1 aliphatic carbocycles. The SMILES string of the molecule is C[C@@H](CCc1nc(N[C@H](C)C(F)(F)F)c(F)c(C2=CC(O)CCC2)n1)C(F)(F)F. The number of hydrogen-bond donors (Lipinski definition) is 2. The van der Waals surface area contributed by atoms with Gasteiger partial charge in [0, 0.05) is 6.42 Å². The van der Waals surface area contributed by atoms with Crippen LogP contribution in [-0.4, -0.2) is 39.6 Å². The molecule has 0 radical (unpaired) electrons. The molecule has 0 bridgehead atoms. The minimum absolute atomic E-state index is 0.199. The maximum atomic E-state index is 14.8. The second-order valence-corrected chi connectivity index (χ2v) is 7.19. The molecule has 4 nitrogen and oxygen atoms in total. The number of aliphatic hydroxyl groups excluding tert-OH is 1. The Morgan fingerprint density at radius 2 is 1.79 bits per heavy atom. The first-order valence-electron chi connectivity index (χ1n) is 9.14. The lowest BCUT2D eigenvalue weighted by Crippen LogP contribution is -2.34. The van der Waals surface area contributed by atoms with Crippen LogP contribution >= 0.6 is 0 Å². The molecule has 29 heavy (non-hydrogen) atoms. The molecule has 2 N–H and O–H groups in total. The van der Waals surface area contributed by atoms with E-state index >= 15 is 0 Å². The average molecular weight is 429 g/mol. The van der Waals surface area contributed by atoms with E-state index in [-0.39, 0.29) is 23.5 Å². The zero-order valence-electron chi connectivity index (χ0n) is 15.8. The number of allylic oxidation sites excluding steroid dienone is 1. The third-order valence-corrected chi connectivity index (χ3v) is 4.75. The summed E-state index contributed by atoms with van der Waals surface area (Å²) in [6, 6.07) is -2.13. The number of nitrogens with one attached hydrogen (secondary N) is 1. The highest BCUT2D eigenvalue weighted by atomic mass is 19.4. The van der Waals surface area contributed by atoms with Crippen molar-refractivity contribution in [1.29, 1.82) is 0 Å².